The molecule has 0 aliphatic heterocycles. The first-order chi connectivity index (χ1) is 17.6. The zero-order valence-corrected chi connectivity index (χ0v) is 26.5. The van der Waals surface area contributed by atoms with Crippen molar-refractivity contribution in [1.82, 2.24) is 0 Å². The quantitative estimate of drug-likeness (QED) is 0.0984. The van der Waals surface area contributed by atoms with Crippen molar-refractivity contribution in [1.29, 1.82) is 0 Å². The molecule has 0 rings (SSSR count). The maximum absolute atomic E-state index is 11.7. The first-order valence-corrected chi connectivity index (χ1v) is 17.6. The molecule has 0 radical (unpaired) electrons. The first kappa shape index (κ1) is 36.4. The Kier molecular flexibility index (Phi) is 17.6. The van der Waals surface area contributed by atoms with Gasteiger partial charge in [0, 0.05) is 74.4 Å². The number of nitrogens with two attached hydrogens (primary N) is 1. The molecule has 0 heterocycles. The van der Waals surface area contributed by atoms with Gasteiger partial charge in [0.25, 0.3) is 0 Å². The molecule has 0 fully saturated rings. The largest absolute Gasteiger partial charge is 0.532 e. The van der Waals surface area contributed by atoms with Crippen LogP contribution in [0.2, 0.25) is 12.1 Å². The predicted molar refractivity (Wildman–Crippen MR) is 141 cm³/mol. The zero-order valence-electron chi connectivity index (χ0n) is 23.5. The van der Waals surface area contributed by atoms with Crippen LogP contribution in [0.25, 0.3) is 0 Å². The summed E-state index contributed by atoms with van der Waals surface area (Å²) in [5.41, 5.74) is 5.82. The highest BCUT2D eigenvalue weighted by Gasteiger charge is 2.69. The van der Waals surface area contributed by atoms with Gasteiger partial charge in [-0.05, 0) is 26.8 Å². The van der Waals surface area contributed by atoms with Crippen molar-refractivity contribution in [3.05, 3.63) is 12.7 Å². The Balaban J connectivity index is 7.16. The third-order valence-corrected chi connectivity index (χ3v) is 15.5. The lowest BCUT2D eigenvalue weighted by Gasteiger charge is -2.49. The highest BCUT2D eigenvalue weighted by atomic mass is 28.4. The van der Waals surface area contributed by atoms with Crippen LogP contribution in [0, 0.1) is 0 Å². The molecule has 13 nitrogen and oxygen atoms in total. The number of carbonyl (C=O) groups is 1. The molecule has 2 atom stereocenters. The smallest absolute Gasteiger partial charge is 0.460 e. The molecule has 37 heavy (non-hydrogen) atoms. The maximum atomic E-state index is 11.7. The summed E-state index contributed by atoms with van der Waals surface area (Å²) in [5.74, 6) is -0.691. The Labute approximate surface area is 224 Å². The third kappa shape index (κ3) is 9.84. The molecule has 0 spiro atoms. The Morgan fingerprint density at radius 3 is 1.84 bits per heavy atom. The fourth-order valence-electron chi connectivity index (χ4n) is 4.10. The van der Waals surface area contributed by atoms with Crippen LogP contribution in [0.3, 0.4) is 0 Å². The zero-order chi connectivity index (χ0) is 28.6. The van der Waals surface area contributed by atoms with Crippen molar-refractivity contribution in [3.8, 4) is 0 Å². The van der Waals surface area contributed by atoms with Gasteiger partial charge >= 0.3 is 32.4 Å². The highest BCUT2D eigenvalue weighted by Crippen LogP contribution is 2.43. The fraction of sp³-hybridized carbons (Fsp3) is 0.857. The van der Waals surface area contributed by atoms with Crippen molar-refractivity contribution in [2.75, 3.05) is 69.0 Å². The summed E-state index contributed by atoms with van der Waals surface area (Å²) in [4.78, 5) is 11.7. The van der Waals surface area contributed by atoms with E-state index in [0.717, 1.165) is 6.08 Å². The second kappa shape index (κ2) is 17.9. The van der Waals surface area contributed by atoms with Crippen molar-refractivity contribution in [3.63, 3.8) is 0 Å². The summed E-state index contributed by atoms with van der Waals surface area (Å²) in [5, 5.41) is 9.50. The van der Waals surface area contributed by atoms with Crippen LogP contribution in [0.15, 0.2) is 12.7 Å². The number of aliphatic hydroxyl groups is 1. The van der Waals surface area contributed by atoms with Crippen LogP contribution in [0.4, 0.5) is 0 Å². The second-order valence-electron chi connectivity index (χ2n) is 7.87. The Hall–Kier alpha value is -0.579. The van der Waals surface area contributed by atoms with Gasteiger partial charge in [-0.25, -0.2) is 4.79 Å². The van der Waals surface area contributed by atoms with E-state index in [9.17, 15) is 9.90 Å². The lowest BCUT2D eigenvalue weighted by molar-refractivity contribution is -0.142. The molecule has 0 amide bonds. The standard InChI is InChI=1S/C21H47NO12Si3/c1-10-20(24)31-17-19(23)16-21(37(28-7,29-8)30-9,18-36(25-4,26-5)27-6)34-35(32-11-2,33-12-3)15-13-14-22/h10,19,23H,1,11-18,22H2,2-9H3. The van der Waals surface area contributed by atoms with E-state index in [1.54, 1.807) is 0 Å². The molecule has 0 aliphatic carbocycles. The summed E-state index contributed by atoms with van der Waals surface area (Å²) < 4.78 is 59.3. The molecule has 3 N–H and O–H groups in total. The van der Waals surface area contributed by atoms with Crippen LogP contribution < -0.4 is 5.73 Å². The number of aliphatic hydroxyl groups excluding tert-OH is 1. The normalized spacial score (nSPS) is 15.3. The van der Waals surface area contributed by atoms with E-state index in [1.165, 1.54) is 42.7 Å². The van der Waals surface area contributed by atoms with E-state index in [-0.39, 0.29) is 32.3 Å². The number of hydrogen-bond donors (Lipinski definition) is 2. The number of ether oxygens (including phenoxy) is 1. The maximum Gasteiger partial charge on any atom is 0.532 e. The fourth-order valence-corrected chi connectivity index (χ4v) is 13.5. The van der Waals surface area contributed by atoms with E-state index < -0.39 is 43.7 Å². The predicted octanol–water partition coefficient (Wildman–Crippen LogP) is 0.878. The molecule has 0 aromatic heterocycles. The lowest BCUT2D eigenvalue weighted by Crippen LogP contribution is -2.73. The number of rotatable bonds is 23. The Bertz CT molecular complexity index is 632. The third-order valence-electron chi connectivity index (χ3n) is 5.72. The van der Waals surface area contributed by atoms with Crippen molar-refractivity contribution in [2.45, 2.75) is 50.1 Å². The van der Waals surface area contributed by atoms with Gasteiger partial charge in [-0.15, -0.1) is 0 Å². The lowest BCUT2D eigenvalue weighted by atomic mass is 10.2. The van der Waals surface area contributed by atoms with E-state index >= 15 is 0 Å². The molecule has 220 valence electrons. The summed E-state index contributed by atoms with van der Waals surface area (Å²) in [7, 11) is -2.31. The number of carbonyl (C=O) groups excluding carboxylic acids is 1. The van der Waals surface area contributed by atoms with Crippen molar-refractivity contribution >= 4 is 32.4 Å². The SMILES string of the molecule is C=CC(=O)OCC(O)CC(C[Si](OC)(OC)OC)(O[Si](CCCN)(OCC)OCC)[Si](OC)(OC)OC. The first-order valence-electron chi connectivity index (χ1n) is 12.0. The summed E-state index contributed by atoms with van der Waals surface area (Å²) >= 11 is 0. The van der Waals surface area contributed by atoms with E-state index in [4.69, 9.17) is 50.3 Å². The molecule has 0 aliphatic rings. The van der Waals surface area contributed by atoms with E-state index in [2.05, 4.69) is 6.58 Å². The summed E-state index contributed by atoms with van der Waals surface area (Å²) in [6, 6.07) is 0.298. The van der Waals surface area contributed by atoms with Crippen LogP contribution in [0.1, 0.15) is 26.7 Å². The average molecular weight is 590 g/mol. The van der Waals surface area contributed by atoms with Gasteiger partial charge in [-0.2, -0.15) is 0 Å². The van der Waals surface area contributed by atoms with Crippen molar-refractivity contribution < 1.29 is 54.5 Å². The van der Waals surface area contributed by atoms with Crippen molar-refractivity contribution in [2.24, 2.45) is 5.73 Å². The molecular weight excluding hydrogens is 542 g/mol. The molecule has 0 saturated heterocycles. The molecule has 0 aromatic carbocycles. The van der Waals surface area contributed by atoms with E-state index in [1.807, 2.05) is 13.8 Å². The minimum Gasteiger partial charge on any atom is -0.460 e. The minimum absolute atomic E-state index is 0.0742. The molecule has 0 aromatic rings. The average Bonchev–Trinajstić information content (AvgIpc) is 2.90. The molecule has 0 bridgehead atoms. The molecule has 2 unspecified atom stereocenters. The Morgan fingerprint density at radius 1 is 0.946 bits per heavy atom. The summed E-state index contributed by atoms with van der Waals surface area (Å²) in [6.07, 6.45) is 0.104. The van der Waals surface area contributed by atoms with Gasteiger partial charge in [0.15, 0.2) is 0 Å². The van der Waals surface area contributed by atoms with Gasteiger partial charge in [0.2, 0.25) is 0 Å². The second-order valence-corrected chi connectivity index (χ2v) is 16.7. The minimum atomic E-state index is -3.89. The van der Waals surface area contributed by atoms with Gasteiger partial charge in [0.1, 0.15) is 11.8 Å². The summed E-state index contributed by atoms with van der Waals surface area (Å²) in [6.45, 7) is 7.61. The number of esters is 1. The molecular formula is C21H47NO12Si3. The van der Waals surface area contributed by atoms with Gasteiger partial charge < -0.3 is 55.4 Å². The molecule has 0 saturated carbocycles. The van der Waals surface area contributed by atoms with E-state index in [0.29, 0.717) is 19.0 Å². The van der Waals surface area contributed by atoms with Gasteiger partial charge in [-0.3, -0.25) is 0 Å². The van der Waals surface area contributed by atoms with Crippen LogP contribution >= 0.6 is 0 Å². The number of hydrogen-bond acceptors (Lipinski definition) is 13. The topological polar surface area (TPSA) is 156 Å². The van der Waals surface area contributed by atoms with Crippen LogP contribution in [0.5, 0.6) is 0 Å². The monoisotopic (exact) mass is 589 g/mol. The van der Waals surface area contributed by atoms with Crippen LogP contribution in [-0.4, -0.2) is 118 Å². The highest BCUT2D eigenvalue weighted by molar-refractivity contribution is 6.71. The van der Waals surface area contributed by atoms with Gasteiger partial charge in [0.05, 0.1) is 12.1 Å². The molecule has 16 heteroatoms. The van der Waals surface area contributed by atoms with Crippen LogP contribution in [-0.2, 0) is 49.4 Å². The Morgan fingerprint density at radius 2 is 1.46 bits per heavy atom. The van der Waals surface area contributed by atoms with Gasteiger partial charge in [-0.1, -0.05) is 6.58 Å².